The average molecular weight is 351 g/mol. The van der Waals surface area contributed by atoms with Crippen molar-refractivity contribution >= 4 is 0 Å². The van der Waals surface area contributed by atoms with Crippen LogP contribution in [0.25, 0.3) is 0 Å². The fourth-order valence-corrected chi connectivity index (χ4v) is 4.72. The third kappa shape index (κ3) is 4.08. The Hall–Kier alpha value is -1.91. The molecule has 1 spiro atoms. The van der Waals surface area contributed by atoms with Gasteiger partial charge in [-0.05, 0) is 67.1 Å². The summed E-state index contributed by atoms with van der Waals surface area (Å²) in [5, 5.41) is 0. The van der Waals surface area contributed by atoms with Gasteiger partial charge in [0.15, 0.2) is 0 Å². The molecule has 0 radical (unpaired) electrons. The van der Waals surface area contributed by atoms with Crippen molar-refractivity contribution in [3.63, 3.8) is 0 Å². The summed E-state index contributed by atoms with van der Waals surface area (Å²) in [6.45, 7) is 6.92. The second-order valence-corrected chi connectivity index (χ2v) is 7.99. The summed E-state index contributed by atoms with van der Waals surface area (Å²) >= 11 is 0. The molecule has 0 unspecified atom stereocenters. The molecule has 4 nitrogen and oxygen atoms in total. The Bertz CT molecular complexity index is 720. The number of benzene rings is 1. The SMILES string of the molecule is COc1cccc(CN2CCC[C@@]3(CCN(Cc4cccnc4)C3)C2)c1. The van der Waals surface area contributed by atoms with Crippen LogP contribution >= 0.6 is 0 Å². The first-order valence-corrected chi connectivity index (χ1v) is 9.71. The molecule has 1 atom stereocenters. The normalized spacial score (nSPS) is 24.2. The van der Waals surface area contributed by atoms with Gasteiger partial charge in [-0.1, -0.05) is 18.2 Å². The number of hydrogen-bond acceptors (Lipinski definition) is 4. The van der Waals surface area contributed by atoms with Gasteiger partial charge in [-0.15, -0.1) is 0 Å². The molecule has 2 fully saturated rings. The Labute approximate surface area is 156 Å². The first kappa shape index (κ1) is 17.5. The number of pyridine rings is 1. The van der Waals surface area contributed by atoms with Gasteiger partial charge in [0.25, 0.3) is 0 Å². The van der Waals surface area contributed by atoms with E-state index in [4.69, 9.17) is 4.74 Å². The van der Waals surface area contributed by atoms with Crippen LogP contribution in [0.4, 0.5) is 0 Å². The minimum absolute atomic E-state index is 0.472. The molecule has 2 aliphatic rings. The number of piperidine rings is 1. The maximum atomic E-state index is 5.38. The van der Waals surface area contributed by atoms with Gasteiger partial charge in [0.05, 0.1) is 7.11 Å². The van der Waals surface area contributed by atoms with E-state index in [1.54, 1.807) is 7.11 Å². The van der Waals surface area contributed by atoms with Crippen LogP contribution in [-0.2, 0) is 13.1 Å². The second kappa shape index (κ2) is 7.77. The fourth-order valence-electron chi connectivity index (χ4n) is 4.72. The van der Waals surface area contributed by atoms with E-state index >= 15 is 0 Å². The van der Waals surface area contributed by atoms with Gasteiger partial charge < -0.3 is 4.74 Å². The molecule has 138 valence electrons. The zero-order valence-electron chi connectivity index (χ0n) is 15.7. The summed E-state index contributed by atoms with van der Waals surface area (Å²) in [7, 11) is 1.74. The molecular formula is C22H29N3O. The van der Waals surface area contributed by atoms with Gasteiger partial charge in [-0.3, -0.25) is 14.8 Å². The van der Waals surface area contributed by atoms with E-state index in [0.29, 0.717) is 5.41 Å². The van der Waals surface area contributed by atoms with Crippen LogP contribution in [0.1, 0.15) is 30.4 Å². The van der Waals surface area contributed by atoms with Gasteiger partial charge in [0.1, 0.15) is 5.75 Å². The van der Waals surface area contributed by atoms with Crippen molar-refractivity contribution in [3.8, 4) is 5.75 Å². The molecule has 4 heteroatoms. The van der Waals surface area contributed by atoms with Crippen LogP contribution in [0.3, 0.4) is 0 Å². The zero-order valence-corrected chi connectivity index (χ0v) is 15.7. The number of hydrogen-bond donors (Lipinski definition) is 0. The number of nitrogens with zero attached hydrogens (tertiary/aromatic N) is 3. The highest BCUT2D eigenvalue weighted by Crippen LogP contribution is 2.39. The third-order valence-corrected chi connectivity index (χ3v) is 5.93. The molecule has 0 bridgehead atoms. The zero-order chi connectivity index (χ0) is 17.8. The summed E-state index contributed by atoms with van der Waals surface area (Å²) in [5.41, 5.74) is 3.15. The number of aromatic nitrogens is 1. The van der Waals surface area contributed by atoms with Crippen molar-refractivity contribution in [1.82, 2.24) is 14.8 Å². The summed E-state index contributed by atoms with van der Waals surface area (Å²) in [6, 6.07) is 12.7. The predicted octanol–water partition coefficient (Wildman–Crippen LogP) is 3.58. The standard InChI is InChI=1S/C22H29N3O/c1-26-21-7-2-5-19(13-21)15-24-11-4-8-22(17-24)9-12-25(18-22)16-20-6-3-10-23-14-20/h2-3,5-7,10,13-14H,4,8-9,11-12,15-18H2,1H3/t22-/m1/s1. The van der Waals surface area contributed by atoms with Gasteiger partial charge in [0, 0.05) is 38.6 Å². The van der Waals surface area contributed by atoms with E-state index in [-0.39, 0.29) is 0 Å². The lowest BCUT2D eigenvalue weighted by Crippen LogP contribution is -2.44. The van der Waals surface area contributed by atoms with E-state index in [1.807, 2.05) is 24.5 Å². The topological polar surface area (TPSA) is 28.6 Å². The van der Waals surface area contributed by atoms with Crippen LogP contribution in [0.15, 0.2) is 48.8 Å². The Balaban J connectivity index is 1.37. The van der Waals surface area contributed by atoms with Crippen molar-refractivity contribution in [2.45, 2.75) is 32.4 Å². The molecule has 2 aromatic rings. The van der Waals surface area contributed by atoms with Crippen LogP contribution in [0.2, 0.25) is 0 Å². The molecule has 1 aromatic carbocycles. The summed E-state index contributed by atoms with van der Waals surface area (Å²) in [5.74, 6) is 0.956. The second-order valence-electron chi connectivity index (χ2n) is 7.99. The Morgan fingerprint density at radius 2 is 1.81 bits per heavy atom. The fraction of sp³-hybridized carbons (Fsp3) is 0.500. The highest BCUT2D eigenvalue weighted by atomic mass is 16.5. The lowest BCUT2D eigenvalue weighted by Gasteiger charge is -2.40. The smallest absolute Gasteiger partial charge is 0.119 e. The summed E-state index contributed by atoms with van der Waals surface area (Å²) < 4.78 is 5.38. The molecule has 1 aromatic heterocycles. The molecule has 0 aliphatic carbocycles. The van der Waals surface area contributed by atoms with Gasteiger partial charge in [-0.25, -0.2) is 0 Å². The summed E-state index contributed by atoms with van der Waals surface area (Å²) in [4.78, 5) is 9.52. The number of methoxy groups -OCH3 is 1. The van der Waals surface area contributed by atoms with E-state index in [2.05, 4.69) is 39.0 Å². The molecule has 2 saturated heterocycles. The molecule has 0 amide bonds. The average Bonchev–Trinajstić information content (AvgIpc) is 3.04. The molecular weight excluding hydrogens is 322 g/mol. The van der Waals surface area contributed by atoms with E-state index in [9.17, 15) is 0 Å². The first-order valence-electron chi connectivity index (χ1n) is 9.71. The Kier molecular flexibility index (Phi) is 5.23. The number of rotatable bonds is 5. The quantitative estimate of drug-likeness (QED) is 0.823. The van der Waals surface area contributed by atoms with Crippen molar-refractivity contribution in [3.05, 3.63) is 59.9 Å². The molecule has 3 heterocycles. The predicted molar refractivity (Wildman–Crippen MR) is 104 cm³/mol. The number of likely N-dealkylation sites (tertiary alicyclic amines) is 2. The van der Waals surface area contributed by atoms with E-state index < -0.39 is 0 Å². The Morgan fingerprint density at radius 1 is 1.00 bits per heavy atom. The Morgan fingerprint density at radius 3 is 2.62 bits per heavy atom. The number of ether oxygens (including phenoxy) is 1. The third-order valence-electron chi connectivity index (χ3n) is 5.93. The van der Waals surface area contributed by atoms with E-state index in [0.717, 1.165) is 18.8 Å². The van der Waals surface area contributed by atoms with Crippen molar-refractivity contribution < 1.29 is 4.74 Å². The molecule has 0 N–H and O–H groups in total. The largest absolute Gasteiger partial charge is 0.497 e. The van der Waals surface area contributed by atoms with Crippen LogP contribution < -0.4 is 4.74 Å². The van der Waals surface area contributed by atoms with Crippen LogP contribution in [0, 0.1) is 5.41 Å². The molecule has 4 rings (SSSR count). The van der Waals surface area contributed by atoms with Gasteiger partial charge in [-0.2, -0.15) is 0 Å². The highest BCUT2D eigenvalue weighted by molar-refractivity contribution is 5.28. The van der Waals surface area contributed by atoms with Crippen molar-refractivity contribution in [1.29, 1.82) is 0 Å². The molecule has 2 aliphatic heterocycles. The maximum Gasteiger partial charge on any atom is 0.119 e. The molecule has 0 saturated carbocycles. The van der Waals surface area contributed by atoms with Gasteiger partial charge in [0.2, 0.25) is 0 Å². The van der Waals surface area contributed by atoms with Crippen LogP contribution in [0.5, 0.6) is 5.75 Å². The van der Waals surface area contributed by atoms with Gasteiger partial charge >= 0.3 is 0 Å². The van der Waals surface area contributed by atoms with Crippen molar-refractivity contribution in [2.24, 2.45) is 5.41 Å². The maximum absolute atomic E-state index is 5.38. The first-order chi connectivity index (χ1) is 12.7. The minimum Gasteiger partial charge on any atom is -0.497 e. The molecule has 26 heavy (non-hydrogen) atoms. The highest BCUT2D eigenvalue weighted by Gasteiger charge is 2.41. The lowest BCUT2D eigenvalue weighted by atomic mass is 9.79. The minimum atomic E-state index is 0.472. The lowest BCUT2D eigenvalue weighted by molar-refractivity contribution is 0.0866. The van der Waals surface area contributed by atoms with E-state index in [1.165, 1.54) is 56.6 Å². The van der Waals surface area contributed by atoms with Crippen molar-refractivity contribution in [2.75, 3.05) is 33.3 Å². The summed E-state index contributed by atoms with van der Waals surface area (Å²) in [6.07, 6.45) is 7.85. The monoisotopic (exact) mass is 351 g/mol. The van der Waals surface area contributed by atoms with Crippen LogP contribution in [-0.4, -0.2) is 48.1 Å².